The van der Waals surface area contributed by atoms with Crippen LogP contribution in [0.1, 0.15) is 16.7 Å². The highest BCUT2D eigenvalue weighted by Gasteiger charge is 2.14. The van der Waals surface area contributed by atoms with Gasteiger partial charge in [0.1, 0.15) is 11.4 Å². The highest BCUT2D eigenvalue weighted by molar-refractivity contribution is 5.63. The monoisotopic (exact) mass is 272 g/mol. The molecule has 2 N–H and O–H groups in total. The third-order valence-electron chi connectivity index (χ3n) is 3.15. The number of phenolic OH excluding ortho intramolecular Hbond substituents is 1. The number of hydrogen-bond acceptors (Lipinski definition) is 4. The Morgan fingerprint density at radius 2 is 1.95 bits per heavy atom. The molecule has 0 saturated carbocycles. The molecular formula is C15H16N2O3. The fourth-order valence-electron chi connectivity index (χ4n) is 2.06. The number of nitro groups is 1. The Morgan fingerprint density at radius 3 is 2.60 bits per heavy atom. The maximum Gasteiger partial charge on any atom is 0.296 e. The summed E-state index contributed by atoms with van der Waals surface area (Å²) in [5.74, 6) is -0.117. The van der Waals surface area contributed by atoms with Gasteiger partial charge in [-0.1, -0.05) is 23.8 Å². The third kappa shape index (κ3) is 3.06. The predicted molar refractivity (Wildman–Crippen MR) is 78.0 cm³/mol. The van der Waals surface area contributed by atoms with E-state index >= 15 is 0 Å². The van der Waals surface area contributed by atoms with Gasteiger partial charge in [0.05, 0.1) is 11.0 Å². The maximum atomic E-state index is 11.0. The molecule has 0 aliphatic carbocycles. The summed E-state index contributed by atoms with van der Waals surface area (Å²) in [6, 6.07) is 10.2. The molecule has 0 saturated heterocycles. The summed E-state index contributed by atoms with van der Waals surface area (Å²) in [5, 5.41) is 23.3. The second-order valence-electron chi connectivity index (χ2n) is 4.74. The number of nitrogens with zero attached hydrogens (tertiary/aromatic N) is 1. The van der Waals surface area contributed by atoms with E-state index in [0.29, 0.717) is 12.2 Å². The van der Waals surface area contributed by atoms with E-state index in [1.165, 1.54) is 17.7 Å². The van der Waals surface area contributed by atoms with E-state index in [-0.39, 0.29) is 11.4 Å². The van der Waals surface area contributed by atoms with E-state index in [1.54, 1.807) is 0 Å². The molecule has 0 radical (unpaired) electrons. The molecule has 0 atom stereocenters. The van der Waals surface area contributed by atoms with E-state index in [2.05, 4.69) is 11.4 Å². The largest absolute Gasteiger partial charge is 0.508 e. The average molecular weight is 272 g/mol. The lowest BCUT2D eigenvalue weighted by atomic mass is 10.1. The summed E-state index contributed by atoms with van der Waals surface area (Å²) < 4.78 is 0. The second-order valence-corrected chi connectivity index (χ2v) is 4.74. The molecule has 0 spiro atoms. The van der Waals surface area contributed by atoms with Gasteiger partial charge in [0.25, 0.3) is 5.69 Å². The second kappa shape index (κ2) is 5.61. The number of nitrogens with one attached hydrogen (secondary N) is 1. The van der Waals surface area contributed by atoms with Gasteiger partial charge in [0.2, 0.25) is 0 Å². The normalized spacial score (nSPS) is 10.3. The minimum atomic E-state index is -0.510. The lowest BCUT2D eigenvalue weighted by molar-refractivity contribution is -0.384. The highest BCUT2D eigenvalue weighted by Crippen LogP contribution is 2.28. The molecule has 0 unspecified atom stereocenters. The van der Waals surface area contributed by atoms with Gasteiger partial charge >= 0.3 is 0 Å². The number of rotatable bonds is 4. The zero-order valence-electron chi connectivity index (χ0n) is 11.4. The molecule has 0 aromatic heterocycles. The Bertz CT molecular complexity index is 654. The van der Waals surface area contributed by atoms with Crippen molar-refractivity contribution >= 4 is 11.4 Å². The van der Waals surface area contributed by atoms with Crippen molar-refractivity contribution in [2.75, 3.05) is 5.32 Å². The first-order valence-electron chi connectivity index (χ1n) is 6.25. The molecule has 0 heterocycles. The van der Waals surface area contributed by atoms with Crippen LogP contribution in [0.2, 0.25) is 0 Å². The molecule has 104 valence electrons. The van der Waals surface area contributed by atoms with Gasteiger partial charge in [-0.05, 0) is 37.1 Å². The van der Waals surface area contributed by atoms with Crippen LogP contribution in [0, 0.1) is 24.0 Å². The molecule has 20 heavy (non-hydrogen) atoms. The number of aryl methyl sites for hydroxylation is 2. The van der Waals surface area contributed by atoms with Crippen molar-refractivity contribution in [2.45, 2.75) is 20.4 Å². The van der Waals surface area contributed by atoms with E-state index in [9.17, 15) is 15.2 Å². The number of hydrogen-bond donors (Lipinski definition) is 2. The van der Waals surface area contributed by atoms with Crippen molar-refractivity contribution in [1.29, 1.82) is 0 Å². The van der Waals surface area contributed by atoms with Gasteiger partial charge in [-0.2, -0.15) is 0 Å². The summed E-state index contributed by atoms with van der Waals surface area (Å²) >= 11 is 0. The van der Waals surface area contributed by atoms with Crippen LogP contribution in [-0.2, 0) is 6.54 Å². The molecular weight excluding hydrogens is 256 g/mol. The molecule has 0 amide bonds. The predicted octanol–water partition coefficient (Wildman–Crippen LogP) is 3.53. The zero-order valence-corrected chi connectivity index (χ0v) is 11.4. The first kappa shape index (κ1) is 13.9. The zero-order chi connectivity index (χ0) is 14.7. The fraction of sp³-hybridized carbons (Fsp3) is 0.200. The van der Waals surface area contributed by atoms with Crippen molar-refractivity contribution in [1.82, 2.24) is 0 Å². The van der Waals surface area contributed by atoms with Gasteiger partial charge < -0.3 is 10.4 Å². The van der Waals surface area contributed by atoms with Crippen molar-refractivity contribution in [2.24, 2.45) is 0 Å². The van der Waals surface area contributed by atoms with Crippen molar-refractivity contribution < 1.29 is 10.0 Å². The molecule has 0 bridgehead atoms. The van der Waals surface area contributed by atoms with E-state index in [1.807, 2.05) is 26.0 Å². The molecule has 0 aliphatic rings. The maximum absolute atomic E-state index is 11.0. The van der Waals surface area contributed by atoms with Gasteiger partial charge in [-0.25, -0.2) is 0 Å². The van der Waals surface area contributed by atoms with Crippen LogP contribution in [0.5, 0.6) is 5.75 Å². The molecule has 5 heteroatoms. The van der Waals surface area contributed by atoms with Crippen molar-refractivity contribution in [3.8, 4) is 5.75 Å². The summed E-state index contributed by atoms with van der Waals surface area (Å²) in [6.07, 6.45) is 0. The minimum absolute atomic E-state index is 0.117. The third-order valence-corrected chi connectivity index (χ3v) is 3.15. The number of benzene rings is 2. The number of anilines is 1. The van der Waals surface area contributed by atoms with E-state index in [0.717, 1.165) is 17.2 Å². The lowest BCUT2D eigenvalue weighted by Gasteiger charge is -2.10. The molecule has 2 aromatic rings. The van der Waals surface area contributed by atoms with Crippen LogP contribution in [0.15, 0.2) is 36.4 Å². The van der Waals surface area contributed by atoms with E-state index in [4.69, 9.17) is 0 Å². The van der Waals surface area contributed by atoms with E-state index < -0.39 is 4.92 Å². The SMILES string of the molecule is Cc1ccc(CNc2ccc(O)cc2[N+](=O)[O-])c(C)c1. The fourth-order valence-corrected chi connectivity index (χ4v) is 2.06. The van der Waals surface area contributed by atoms with Crippen LogP contribution < -0.4 is 5.32 Å². The number of phenols is 1. The summed E-state index contributed by atoms with van der Waals surface area (Å²) in [7, 11) is 0. The topological polar surface area (TPSA) is 75.4 Å². The summed E-state index contributed by atoms with van der Waals surface area (Å²) in [6.45, 7) is 4.53. The van der Waals surface area contributed by atoms with Gasteiger partial charge in [-0.15, -0.1) is 0 Å². The Morgan fingerprint density at radius 1 is 1.20 bits per heavy atom. The molecule has 0 aliphatic heterocycles. The molecule has 0 fully saturated rings. The standard InChI is InChI=1S/C15H16N2O3/c1-10-3-4-12(11(2)7-10)9-16-14-6-5-13(18)8-15(14)17(19)20/h3-8,16,18H,9H2,1-2H3. The van der Waals surface area contributed by atoms with Crippen LogP contribution in [-0.4, -0.2) is 10.0 Å². The van der Waals surface area contributed by atoms with Crippen molar-refractivity contribution in [3.63, 3.8) is 0 Å². The summed E-state index contributed by atoms with van der Waals surface area (Å²) in [4.78, 5) is 10.4. The average Bonchev–Trinajstić information content (AvgIpc) is 2.38. The Kier molecular flexibility index (Phi) is 3.89. The number of nitro benzene ring substituents is 1. The number of aromatic hydroxyl groups is 1. The highest BCUT2D eigenvalue weighted by atomic mass is 16.6. The Balaban J connectivity index is 2.20. The summed E-state index contributed by atoms with van der Waals surface area (Å²) in [5.41, 5.74) is 3.67. The van der Waals surface area contributed by atoms with Crippen LogP contribution in [0.4, 0.5) is 11.4 Å². The van der Waals surface area contributed by atoms with Gasteiger partial charge in [0, 0.05) is 6.54 Å². The molecule has 5 nitrogen and oxygen atoms in total. The smallest absolute Gasteiger partial charge is 0.296 e. The molecule has 2 rings (SSSR count). The Hall–Kier alpha value is -2.56. The van der Waals surface area contributed by atoms with Crippen LogP contribution in [0.25, 0.3) is 0 Å². The van der Waals surface area contributed by atoms with Gasteiger partial charge in [0.15, 0.2) is 0 Å². The quantitative estimate of drug-likeness (QED) is 0.507. The van der Waals surface area contributed by atoms with Gasteiger partial charge in [-0.3, -0.25) is 10.1 Å². The van der Waals surface area contributed by atoms with Crippen LogP contribution in [0.3, 0.4) is 0 Å². The first-order chi connectivity index (χ1) is 9.47. The van der Waals surface area contributed by atoms with Crippen LogP contribution >= 0.6 is 0 Å². The Labute approximate surface area is 117 Å². The molecule has 2 aromatic carbocycles. The lowest BCUT2D eigenvalue weighted by Crippen LogP contribution is -2.04. The first-order valence-corrected chi connectivity index (χ1v) is 6.25. The van der Waals surface area contributed by atoms with Crippen molar-refractivity contribution in [3.05, 3.63) is 63.2 Å². The minimum Gasteiger partial charge on any atom is -0.508 e.